The fraction of sp³-hybridized carbons (Fsp3) is 0.571. The van der Waals surface area contributed by atoms with Crippen LogP contribution in [0, 0.1) is 13.8 Å². The predicted molar refractivity (Wildman–Crippen MR) is 73.4 cm³/mol. The van der Waals surface area contributed by atoms with E-state index in [1.807, 2.05) is 25.3 Å². The minimum atomic E-state index is -1.23. The lowest BCUT2D eigenvalue weighted by atomic mass is 9.98. The number of carbonyl (C=O) groups is 2. The van der Waals surface area contributed by atoms with E-state index in [-0.39, 0.29) is 5.91 Å². The van der Waals surface area contributed by atoms with E-state index in [1.165, 1.54) is 6.92 Å². The number of rotatable bonds is 5. The zero-order chi connectivity index (χ0) is 14.8. The highest BCUT2D eigenvalue weighted by atomic mass is 16.4. The van der Waals surface area contributed by atoms with Crippen molar-refractivity contribution in [2.24, 2.45) is 0 Å². The number of aryl methyl sites for hydroxylation is 1. The number of nitrogens with zero attached hydrogens (tertiary/aromatic N) is 1. The van der Waals surface area contributed by atoms with Gasteiger partial charge in [-0.1, -0.05) is 6.92 Å². The van der Waals surface area contributed by atoms with Crippen LogP contribution in [0.4, 0.5) is 0 Å². The molecule has 5 nitrogen and oxygen atoms in total. The molecule has 1 amide bonds. The fourth-order valence-corrected chi connectivity index (χ4v) is 2.13. The summed E-state index contributed by atoms with van der Waals surface area (Å²) >= 11 is 0. The molecule has 1 rings (SSSR count). The average Bonchev–Trinajstić information content (AvgIpc) is 2.63. The van der Waals surface area contributed by atoms with E-state index < -0.39 is 11.5 Å². The maximum absolute atomic E-state index is 12.2. The van der Waals surface area contributed by atoms with Gasteiger partial charge in [-0.2, -0.15) is 0 Å². The molecule has 1 atom stereocenters. The van der Waals surface area contributed by atoms with Crippen molar-refractivity contribution in [3.8, 4) is 0 Å². The summed E-state index contributed by atoms with van der Waals surface area (Å²) in [5.41, 5.74) is 1.17. The highest BCUT2D eigenvalue weighted by Crippen LogP contribution is 2.17. The van der Waals surface area contributed by atoms with Gasteiger partial charge in [-0.3, -0.25) is 4.79 Å². The Morgan fingerprint density at radius 1 is 1.37 bits per heavy atom. The molecule has 0 radical (unpaired) electrons. The van der Waals surface area contributed by atoms with Gasteiger partial charge in [0.25, 0.3) is 5.91 Å². The first-order valence-corrected chi connectivity index (χ1v) is 6.49. The van der Waals surface area contributed by atoms with Gasteiger partial charge < -0.3 is 15.0 Å². The minimum absolute atomic E-state index is 0.334. The van der Waals surface area contributed by atoms with Gasteiger partial charge in [0.15, 0.2) is 0 Å². The lowest BCUT2D eigenvalue weighted by molar-refractivity contribution is -0.143. The van der Waals surface area contributed by atoms with Crippen molar-refractivity contribution in [2.75, 3.05) is 0 Å². The molecule has 0 saturated heterocycles. The zero-order valence-electron chi connectivity index (χ0n) is 12.2. The molecule has 0 aliphatic heterocycles. The summed E-state index contributed by atoms with van der Waals surface area (Å²) in [5.74, 6) is -1.35. The first-order chi connectivity index (χ1) is 8.76. The number of hydrogen-bond donors (Lipinski definition) is 2. The Labute approximate surface area is 113 Å². The van der Waals surface area contributed by atoms with E-state index in [9.17, 15) is 14.7 Å². The highest BCUT2D eigenvalue weighted by molar-refractivity contribution is 5.98. The van der Waals surface area contributed by atoms with E-state index in [1.54, 1.807) is 13.0 Å². The van der Waals surface area contributed by atoms with Gasteiger partial charge in [0.1, 0.15) is 5.54 Å². The Kier molecular flexibility index (Phi) is 4.39. The fourth-order valence-electron chi connectivity index (χ4n) is 2.13. The van der Waals surface area contributed by atoms with Crippen LogP contribution >= 0.6 is 0 Å². The Morgan fingerprint density at radius 2 is 1.95 bits per heavy atom. The number of hydrogen-bond acceptors (Lipinski definition) is 2. The standard InChI is InChI=1S/C14H22N2O3/c1-6-14(5,13(18)19)15-12(17)11-8-9(3)16(7-2)10(11)4/h8H,6-7H2,1-5H3,(H,15,17)(H,18,19). The molecule has 19 heavy (non-hydrogen) atoms. The molecule has 5 heteroatoms. The Hall–Kier alpha value is -1.78. The summed E-state index contributed by atoms with van der Waals surface area (Å²) in [6.07, 6.45) is 0.334. The molecule has 0 aliphatic carbocycles. The third kappa shape index (κ3) is 2.80. The van der Waals surface area contributed by atoms with Gasteiger partial charge >= 0.3 is 5.97 Å². The SMILES string of the molecule is CCn1c(C)cc(C(=O)NC(C)(CC)C(=O)O)c1C. The van der Waals surface area contributed by atoms with E-state index in [2.05, 4.69) is 5.32 Å². The molecule has 1 aromatic heterocycles. The lowest BCUT2D eigenvalue weighted by Crippen LogP contribution is -2.51. The maximum atomic E-state index is 12.2. The van der Waals surface area contributed by atoms with Crippen molar-refractivity contribution in [3.05, 3.63) is 23.0 Å². The molecule has 1 unspecified atom stereocenters. The Bertz CT molecular complexity index is 505. The van der Waals surface area contributed by atoms with Crippen molar-refractivity contribution < 1.29 is 14.7 Å². The molecule has 1 heterocycles. The lowest BCUT2D eigenvalue weighted by Gasteiger charge is -2.24. The number of amides is 1. The van der Waals surface area contributed by atoms with Gasteiger partial charge in [0, 0.05) is 17.9 Å². The van der Waals surface area contributed by atoms with Crippen LogP contribution in [0.25, 0.3) is 0 Å². The Balaban J connectivity index is 3.05. The summed E-state index contributed by atoms with van der Waals surface area (Å²) in [6.45, 7) is 9.86. The van der Waals surface area contributed by atoms with Crippen LogP contribution in [0.1, 0.15) is 48.9 Å². The van der Waals surface area contributed by atoms with Gasteiger partial charge in [-0.25, -0.2) is 4.79 Å². The summed E-state index contributed by atoms with van der Waals surface area (Å²) < 4.78 is 2.03. The second kappa shape index (κ2) is 5.47. The second-order valence-electron chi connectivity index (χ2n) is 4.97. The van der Waals surface area contributed by atoms with Crippen LogP contribution in [0.3, 0.4) is 0 Å². The molecule has 0 saturated carbocycles. The first-order valence-electron chi connectivity index (χ1n) is 6.49. The smallest absolute Gasteiger partial charge is 0.329 e. The minimum Gasteiger partial charge on any atom is -0.480 e. The van der Waals surface area contributed by atoms with Gasteiger partial charge in [-0.15, -0.1) is 0 Å². The van der Waals surface area contributed by atoms with Crippen molar-refractivity contribution in [3.63, 3.8) is 0 Å². The molecule has 1 aromatic rings. The monoisotopic (exact) mass is 266 g/mol. The van der Waals surface area contributed by atoms with Crippen LogP contribution < -0.4 is 5.32 Å². The molecule has 106 valence electrons. The number of nitrogens with one attached hydrogen (secondary N) is 1. The highest BCUT2D eigenvalue weighted by Gasteiger charge is 2.33. The molecular formula is C14H22N2O3. The second-order valence-corrected chi connectivity index (χ2v) is 4.97. The molecule has 2 N–H and O–H groups in total. The van der Waals surface area contributed by atoms with Gasteiger partial charge in [-0.05, 0) is 40.2 Å². The van der Waals surface area contributed by atoms with Crippen LogP contribution in [0.15, 0.2) is 6.07 Å². The van der Waals surface area contributed by atoms with Gasteiger partial charge in [0.2, 0.25) is 0 Å². The summed E-state index contributed by atoms with van der Waals surface area (Å²) in [7, 11) is 0. The van der Waals surface area contributed by atoms with Crippen molar-refractivity contribution in [2.45, 2.75) is 53.1 Å². The topological polar surface area (TPSA) is 71.3 Å². The van der Waals surface area contributed by atoms with Gasteiger partial charge in [0.05, 0.1) is 5.56 Å². The van der Waals surface area contributed by atoms with Crippen LogP contribution in [-0.4, -0.2) is 27.1 Å². The van der Waals surface area contributed by atoms with Crippen molar-refractivity contribution >= 4 is 11.9 Å². The third-order valence-corrected chi connectivity index (χ3v) is 3.70. The van der Waals surface area contributed by atoms with E-state index in [0.717, 1.165) is 17.9 Å². The Morgan fingerprint density at radius 3 is 2.32 bits per heavy atom. The summed E-state index contributed by atoms with van der Waals surface area (Å²) in [4.78, 5) is 23.5. The molecule has 0 aliphatic rings. The number of aromatic nitrogens is 1. The number of carboxylic acids is 1. The van der Waals surface area contributed by atoms with Crippen molar-refractivity contribution in [1.82, 2.24) is 9.88 Å². The molecule has 0 bridgehead atoms. The summed E-state index contributed by atoms with van der Waals surface area (Å²) in [6, 6.07) is 1.80. The molecule has 0 fully saturated rings. The number of carboxylic acid groups (broad SMARTS) is 1. The summed E-state index contributed by atoms with van der Waals surface area (Å²) in [5, 5.41) is 11.8. The quantitative estimate of drug-likeness (QED) is 0.857. The van der Waals surface area contributed by atoms with E-state index >= 15 is 0 Å². The number of aliphatic carboxylic acids is 1. The number of carbonyl (C=O) groups excluding carboxylic acids is 1. The van der Waals surface area contributed by atoms with Crippen LogP contribution in [0.5, 0.6) is 0 Å². The zero-order valence-corrected chi connectivity index (χ0v) is 12.2. The largest absolute Gasteiger partial charge is 0.480 e. The molecule has 0 aromatic carbocycles. The van der Waals surface area contributed by atoms with Crippen LogP contribution in [0.2, 0.25) is 0 Å². The van der Waals surface area contributed by atoms with Crippen LogP contribution in [-0.2, 0) is 11.3 Å². The average molecular weight is 266 g/mol. The normalized spacial score (nSPS) is 13.9. The van der Waals surface area contributed by atoms with E-state index in [0.29, 0.717) is 12.0 Å². The third-order valence-electron chi connectivity index (χ3n) is 3.70. The van der Waals surface area contributed by atoms with Crippen molar-refractivity contribution in [1.29, 1.82) is 0 Å². The molecule has 0 spiro atoms. The molecular weight excluding hydrogens is 244 g/mol. The van der Waals surface area contributed by atoms with E-state index in [4.69, 9.17) is 0 Å². The predicted octanol–water partition coefficient (Wildman–Crippen LogP) is 2.11. The maximum Gasteiger partial charge on any atom is 0.329 e. The first kappa shape index (κ1) is 15.3.